The van der Waals surface area contributed by atoms with Gasteiger partial charge in [0.2, 0.25) is 0 Å². The summed E-state index contributed by atoms with van der Waals surface area (Å²) in [7, 11) is 0. The second kappa shape index (κ2) is 4.34. The van der Waals surface area contributed by atoms with Crippen LogP contribution in [0.25, 0.3) is 0 Å². The monoisotopic (exact) mass is 292 g/mol. The SMILES string of the molecule is CC1=CC(=O)[C@@H]2[C@@]3(C)CCCC(C)(C)[C@@H]3CC(O)[C@@]2(C)O1. The molecule has 1 N–H and O–H groups in total. The van der Waals surface area contributed by atoms with Crippen LogP contribution in [0.2, 0.25) is 0 Å². The molecule has 1 heterocycles. The Balaban J connectivity index is 2.12. The lowest BCUT2D eigenvalue weighted by Crippen LogP contribution is -2.67. The number of ketones is 1. The van der Waals surface area contributed by atoms with Gasteiger partial charge in [0.1, 0.15) is 5.60 Å². The maximum Gasteiger partial charge on any atom is 0.166 e. The van der Waals surface area contributed by atoms with E-state index in [1.807, 2.05) is 13.8 Å². The molecule has 0 spiro atoms. The summed E-state index contributed by atoms with van der Waals surface area (Å²) in [4.78, 5) is 12.8. The van der Waals surface area contributed by atoms with Gasteiger partial charge in [-0.2, -0.15) is 0 Å². The summed E-state index contributed by atoms with van der Waals surface area (Å²) in [6.45, 7) is 10.6. The van der Waals surface area contributed by atoms with Crippen LogP contribution in [0, 0.1) is 22.7 Å². The minimum atomic E-state index is -0.769. The van der Waals surface area contributed by atoms with Gasteiger partial charge in [0, 0.05) is 6.08 Å². The fourth-order valence-electron chi connectivity index (χ4n) is 5.80. The molecular formula is C18H28O3. The zero-order valence-corrected chi connectivity index (χ0v) is 13.9. The Morgan fingerprint density at radius 2 is 1.90 bits per heavy atom. The molecule has 0 bridgehead atoms. The fourth-order valence-corrected chi connectivity index (χ4v) is 5.80. The van der Waals surface area contributed by atoms with Gasteiger partial charge in [-0.1, -0.05) is 27.2 Å². The van der Waals surface area contributed by atoms with Crippen molar-refractivity contribution in [2.75, 3.05) is 0 Å². The van der Waals surface area contributed by atoms with Crippen LogP contribution in [0.1, 0.15) is 60.3 Å². The van der Waals surface area contributed by atoms with E-state index in [1.54, 1.807) is 6.08 Å². The summed E-state index contributed by atoms with van der Waals surface area (Å²) in [5.74, 6) is 0.910. The third kappa shape index (κ3) is 1.93. The summed E-state index contributed by atoms with van der Waals surface area (Å²) < 4.78 is 6.03. The Kier molecular flexibility index (Phi) is 3.12. The Morgan fingerprint density at radius 1 is 1.24 bits per heavy atom. The average Bonchev–Trinajstić information content (AvgIpc) is 2.30. The van der Waals surface area contributed by atoms with Crippen molar-refractivity contribution in [3.05, 3.63) is 11.8 Å². The Bertz CT molecular complexity index is 507. The molecule has 3 rings (SSSR count). The van der Waals surface area contributed by atoms with Gasteiger partial charge in [-0.25, -0.2) is 0 Å². The first-order valence-corrected chi connectivity index (χ1v) is 8.20. The number of aliphatic hydroxyl groups excluding tert-OH is 1. The summed E-state index contributed by atoms with van der Waals surface area (Å²) in [5.41, 5.74) is -0.676. The zero-order chi connectivity index (χ0) is 15.6. The van der Waals surface area contributed by atoms with Crippen LogP contribution in [0.15, 0.2) is 11.8 Å². The minimum absolute atomic E-state index is 0.0794. The Labute approximate surface area is 127 Å². The van der Waals surface area contributed by atoms with E-state index in [4.69, 9.17) is 4.74 Å². The Hall–Kier alpha value is -0.830. The number of allylic oxidation sites excluding steroid dienone is 2. The number of carbonyl (C=O) groups is 1. The molecule has 0 aromatic carbocycles. The van der Waals surface area contributed by atoms with Crippen molar-refractivity contribution in [2.45, 2.75) is 72.0 Å². The predicted molar refractivity (Wildman–Crippen MR) is 81.6 cm³/mol. The van der Waals surface area contributed by atoms with Gasteiger partial charge in [0.15, 0.2) is 5.78 Å². The van der Waals surface area contributed by atoms with Gasteiger partial charge in [0.05, 0.1) is 17.8 Å². The predicted octanol–water partition coefficient (Wildman–Crippen LogP) is 3.46. The van der Waals surface area contributed by atoms with E-state index >= 15 is 0 Å². The highest BCUT2D eigenvalue weighted by atomic mass is 16.5. The number of hydrogen-bond acceptors (Lipinski definition) is 3. The van der Waals surface area contributed by atoms with Crippen molar-refractivity contribution in [3.63, 3.8) is 0 Å². The van der Waals surface area contributed by atoms with Crippen LogP contribution in [0.5, 0.6) is 0 Å². The van der Waals surface area contributed by atoms with Crippen molar-refractivity contribution in [1.29, 1.82) is 0 Å². The maximum atomic E-state index is 12.8. The number of rotatable bonds is 0. The lowest BCUT2D eigenvalue weighted by molar-refractivity contribution is -0.225. The maximum absolute atomic E-state index is 12.8. The summed E-state index contributed by atoms with van der Waals surface area (Å²) >= 11 is 0. The van der Waals surface area contributed by atoms with Crippen LogP contribution in [0.3, 0.4) is 0 Å². The van der Waals surface area contributed by atoms with Gasteiger partial charge >= 0.3 is 0 Å². The molecule has 3 nitrogen and oxygen atoms in total. The van der Waals surface area contributed by atoms with Gasteiger partial charge in [-0.05, 0) is 49.9 Å². The van der Waals surface area contributed by atoms with Gasteiger partial charge in [0.25, 0.3) is 0 Å². The van der Waals surface area contributed by atoms with Crippen molar-refractivity contribution in [1.82, 2.24) is 0 Å². The normalized spacial score (nSPS) is 48.8. The van der Waals surface area contributed by atoms with E-state index < -0.39 is 11.7 Å². The summed E-state index contributed by atoms with van der Waals surface area (Å²) in [6, 6.07) is 0. The fraction of sp³-hybridized carbons (Fsp3) is 0.833. The molecule has 3 heteroatoms. The first kappa shape index (κ1) is 15.1. The standard InChI is InChI=1S/C18H28O3/c1-11-9-12(19)15-17(4)8-6-7-16(2,3)13(17)10-14(20)18(15,5)21-11/h9,13-15,20H,6-8,10H2,1-5H3/t13-,14?,15+,17-,18+/m0/s1. The number of fused-ring (bicyclic) bond motifs is 3. The number of ether oxygens (including phenoxy) is 1. The largest absolute Gasteiger partial charge is 0.489 e. The Morgan fingerprint density at radius 3 is 2.57 bits per heavy atom. The second-order valence-corrected chi connectivity index (χ2v) is 8.53. The lowest BCUT2D eigenvalue weighted by atomic mass is 9.44. The molecule has 0 amide bonds. The highest BCUT2D eigenvalue weighted by molar-refractivity contribution is 5.94. The molecule has 0 aromatic heterocycles. The molecule has 2 aliphatic carbocycles. The van der Waals surface area contributed by atoms with Gasteiger partial charge in [-0.3, -0.25) is 4.79 Å². The van der Waals surface area contributed by atoms with Crippen LogP contribution in [-0.2, 0) is 9.53 Å². The number of carbonyl (C=O) groups excluding carboxylic acids is 1. The molecule has 1 aliphatic heterocycles. The molecule has 118 valence electrons. The van der Waals surface area contributed by atoms with Crippen LogP contribution >= 0.6 is 0 Å². The summed E-state index contributed by atoms with van der Waals surface area (Å²) in [6.07, 6.45) is 5.17. The van der Waals surface area contributed by atoms with Crippen molar-refractivity contribution < 1.29 is 14.6 Å². The lowest BCUT2D eigenvalue weighted by Gasteiger charge is -2.63. The number of hydrogen-bond donors (Lipinski definition) is 1. The van der Waals surface area contributed by atoms with Gasteiger partial charge < -0.3 is 9.84 Å². The van der Waals surface area contributed by atoms with Crippen LogP contribution < -0.4 is 0 Å². The molecule has 0 aromatic rings. The van der Waals surface area contributed by atoms with E-state index in [0.717, 1.165) is 19.3 Å². The van der Waals surface area contributed by atoms with E-state index in [9.17, 15) is 9.90 Å². The third-order valence-corrected chi connectivity index (χ3v) is 6.64. The number of aliphatic hydroxyl groups is 1. The second-order valence-electron chi connectivity index (χ2n) is 8.53. The molecule has 5 atom stereocenters. The summed E-state index contributed by atoms with van der Waals surface area (Å²) in [5, 5.41) is 10.8. The van der Waals surface area contributed by atoms with E-state index in [2.05, 4.69) is 20.8 Å². The topological polar surface area (TPSA) is 46.5 Å². The highest BCUT2D eigenvalue weighted by Crippen LogP contribution is 2.63. The van der Waals surface area contributed by atoms with E-state index in [1.165, 1.54) is 6.42 Å². The molecule has 0 saturated heterocycles. The van der Waals surface area contributed by atoms with Gasteiger partial charge in [-0.15, -0.1) is 0 Å². The first-order chi connectivity index (χ1) is 9.61. The van der Waals surface area contributed by atoms with Crippen LogP contribution in [-0.4, -0.2) is 22.6 Å². The molecule has 0 radical (unpaired) electrons. The smallest absolute Gasteiger partial charge is 0.166 e. The first-order valence-electron chi connectivity index (χ1n) is 8.20. The van der Waals surface area contributed by atoms with Crippen molar-refractivity contribution in [2.24, 2.45) is 22.7 Å². The molecular weight excluding hydrogens is 264 g/mol. The molecule has 2 fully saturated rings. The highest BCUT2D eigenvalue weighted by Gasteiger charge is 2.65. The van der Waals surface area contributed by atoms with E-state index in [-0.39, 0.29) is 22.5 Å². The molecule has 1 unspecified atom stereocenters. The third-order valence-electron chi connectivity index (χ3n) is 6.64. The van der Waals surface area contributed by atoms with E-state index in [0.29, 0.717) is 11.7 Å². The quantitative estimate of drug-likeness (QED) is 0.743. The van der Waals surface area contributed by atoms with Crippen molar-refractivity contribution >= 4 is 5.78 Å². The average molecular weight is 292 g/mol. The zero-order valence-electron chi connectivity index (χ0n) is 13.9. The minimum Gasteiger partial charge on any atom is -0.489 e. The molecule has 21 heavy (non-hydrogen) atoms. The molecule has 2 saturated carbocycles. The van der Waals surface area contributed by atoms with Crippen molar-refractivity contribution in [3.8, 4) is 0 Å². The van der Waals surface area contributed by atoms with Crippen LogP contribution in [0.4, 0.5) is 0 Å². The molecule has 3 aliphatic rings.